The number of rotatable bonds is 2. The van der Waals surface area contributed by atoms with Crippen molar-refractivity contribution >= 4 is 15.9 Å². The van der Waals surface area contributed by atoms with E-state index >= 15 is 0 Å². The van der Waals surface area contributed by atoms with Crippen LogP contribution in [0.5, 0.6) is 0 Å². The van der Waals surface area contributed by atoms with Crippen molar-refractivity contribution in [2.75, 3.05) is 0 Å². The van der Waals surface area contributed by atoms with E-state index in [0.717, 1.165) is 0 Å². The second-order valence-corrected chi connectivity index (χ2v) is 4.57. The van der Waals surface area contributed by atoms with Crippen molar-refractivity contribution in [3.63, 3.8) is 0 Å². The highest BCUT2D eigenvalue weighted by Crippen LogP contribution is 2.27. The van der Waals surface area contributed by atoms with Crippen molar-refractivity contribution in [1.82, 2.24) is 0 Å². The first-order chi connectivity index (χ1) is 6.06. The first-order valence-electron chi connectivity index (χ1n) is 4.83. The van der Waals surface area contributed by atoms with Gasteiger partial charge in [-0.25, -0.2) is 0 Å². The fraction of sp³-hybridized carbons (Fsp3) is 0.500. The Balaban J connectivity index is 3.13. The molecule has 0 aliphatic heterocycles. The Morgan fingerprint density at radius 3 is 2.08 bits per heavy atom. The van der Waals surface area contributed by atoms with Gasteiger partial charge in [0.05, 0.1) is 0 Å². The van der Waals surface area contributed by atoms with Crippen LogP contribution in [0.1, 0.15) is 42.9 Å². The normalized spacial score (nSPS) is 13.0. The third-order valence-corrected chi connectivity index (χ3v) is 3.89. The molecule has 0 saturated carbocycles. The number of benzene rings is 1. The second-order valence-electron chi connectivity index (χ2n) is 3.78. The predicted octanol–water partition coefficient (Wildman–Crippen LogP) is 4.58. The fourth-order valence-electron chi connectivity index (χ4n) is 1.50. The minimum Gasteiger partial charge on any atom is -0.0648 e. The zero-order chi connectivity index (χ0) is 10.0. The van der Waals surface area contributed by atoms with Gasteiger partial charge in [0.25, 0.3) is 0 Å². The molecule has 0 N–H and O–H groups in total. The lowest BCUT2D eigenvalue weighted by Crippen LogP contribution is -1.94. The maximum Gasteiger partial charge on any atom is 0.0233 e. The molecule has 1 rings (SSSR count). The van der Waals surface area contributed by atoms with Crippen molar-refractivity contribution in [1.29, 1.82) is 0 Å². The van der Waals surface area contributed by atoms with Gasteiger partial charge in [0.2, 0.25) is 0 Å². The molecule has 0 heterocycles. The molecule has 0 aliphatic carbocycles. The van der Waals surface area contributed by atoms with Gasteiger partial charge in [-0.1, -0.05) is 41.9 Å². The van der Waals surface area contributed by atoms with Gasteiger partial charge in [-0.05, 0) is 42.9 Å². The number of halogens is 1. The average molecular weight is 241 g/mol. The quantitative estimate of drug-likeness (QED) is 0.710. The van der Waals surface area contributed by atoms with E-state index in [1.807, 2.05) is 0 Å². The van der Waals surface area contributed by atoms with E-state index in [1.165, 1.54) is 27.6 Å². The van der Waals surface area contributed by atoms with Crippen molar-refractivity contribution in [2.45, 2.75) is 40.0 Å². The summed E-state index contributed by atoms with van der Waals surface area (Å²) in [6, 6.07) is 4.57. The van der Waals surface area contributed by atoms with E-state index < -0.39 is 0 Å². The molecule has 0 saturated heterocycles. The van der Waals surface area contributed by atoms with Crippen LogP contribution in [0.2, 0.25) is 0 Å². The van der Waals surface area contributed by atoms with Gasteiger partial charge in [0, 0.05) is 4.47 Å². The van der Waals surface area contributed by atoms with E-state index in [9.17, 15) is 0 Å². The molecule has 72 valence electrons. The van der Waals surface area contributed by atoms with Crippen LogP contribution >= 0.6 is 15.9 Å². The Kier molecular flexibility index (Phi) is 3.55. The smallest absolute Gasteiger partial charge is 0.0233 e. The Labute approximate surface area is 89.5 Å². The fourth-order valence-corrected chi connectivity index (χ4v) is 1.73. The Bertz CT molecular complexity index is 279. The van der Waals surface area contributed by atoms with Gasteiger partial charge in [0.1, 0.15) is 0 Å². The Morgan fingerprint density at radius 2 is 1.69 bits per heavy atom. The molecule has 13 heavy (non-hydrogen) atoms. The van der Waals surface area contributed by atoms with Crippen molar-refractivity contribution in [2.24, 2.45) is 0 Å². The highest BCUT2D eigenvalue weighted by molar-refractivity contribution is 9.10. The van der Waals surface area contributed by atoms with E-state index in [2.05, 4.69) is 55.8 Å². The molecule has 0 radical (unpaired) electrons. The topological polar surface area (TPSA) is 0 Å². The van der Waals surface area contributed by atoms with Gasteiger partial charge < -0.3 is 0 Å². The van der Waals surface area contributed by atoms with Gasteiger partial charge in [-0.3, -0.25) is 0 Å². The lowest BCUT2D eigenvalue weighted by Gasteiger charge is -2.12. The van der Waals surface area contributed by atoms with Gasteiger partial charge >= 0.3 is 0 Å². The summed E-state index contributed by atoms with van der Waals surface area (Å²) in [4.78, 5) is 0. The summed E-state index contributed by atoms with van der Waals surface area (Å²) in [7, 11) is 0. The van der Waals surface area contributed by atoms with Crippen molar-refractivity contribution in [3.8, 4) is 0 Å². The molecule has 0 aliphatic rings. The SMILES string of the molecule is CCC(C)c1cc(C)c(Br)c(C)c1. The van der Waals surface area contributed by atoms with Gasteiger partial charge in [-0.2, -0.15) is 0 Å². The zero-order valence-corrected chi connectivity index (χ0v) is 10.4. The minimum absolute atomic E-state index is 0.672. The summed E-state index contributed by atoms with van der Waals surface area (Å²) in [6.07, 6.45) is 1.21. The van der Waals surface area contributed by atoms with Crippen LogP contribution in [-0.4, -0.2) is 0 Å². The van der Waals surface area contributed by atoms with Crippen LogP contribution in [-0.2, 0) is 0 Å². The van der Waals surface area contributed by atoms with E-state index in [0.29, 0.717) is 5.92 Å². The van der Waals surface area contributed by atoms with Crippen LogP contribution in [0.25, 0.3) is 0 Å². The number of hydrogen-bond donors (Lipinski definition) is 0. The highest BCUT2D eigenvalue weighted by Gasteiger charge is 2.06. The third-order valence-electron chi connectivity index (χ3n) is 2.64. The van der Waals surface area contributed by atoms with Crippen molar-refractivity contribution in [3.05, 3.63) is 33.3 Å². The van der Waals surface area contributed by atoms with E-state index in [-0.39, 0.29) is 0 Å². The lowest BCUT2D eigenvalue weighted by molar-refractivity contribution is 0.731. The van der Waals surface area contributed by atoms with Crippen molar-refractivity contribution < 1.29 is 0 Å². The number of aryl methyl sites for hydroxylation is 2. The maximum absolute atomic E-state index is 3.58. The van der Waals surface area contributed by atoms with Crippen LogP contribution in [0, 0.1) is 13.8 Å². The highest BCUT2D eigenvalue weighted by atomic mass is 79.9. The number of hydrogen-bond acceptors (Lipinski definition) is 0. The lowest BCUT2D eigenvalue weighted by atomic mass is 9.95. The average Bonchev–Trinajstić information content (AvgIpc) is 2.12. The molecule has 1 atom stereocenters. The second kappa shape index (κ2) is 4.28. The van der Waals surface area contributed by atoms with E-state index in [1.54, 1.807) is 0 Å². The summed E-state index contributed by atoms with van der Waals surface area (Å²) in [5, 5.41) is 0. The van der Waals surface area contributed by atoms with Crippen LogP contribution in [0.3, 0.4) is 0 Å². The molecule has 0 amide bonds. The van der Waals surface area contributed by atoms with Gasteiger partial charge in [0.15, 0.2) is 0 Å². The summed E-state index contributed by atoms with van der Waals surface area (Å²) >= 11 is 3.58. The van der Waals surface area contributed by atoms with Crippen LogP contribution < -0.4 is 0 Å². The molecule has 0 bridgehead atoms. The standard InChI is InChI=1S/C12H17Br/c1-5-8(2)11-6-9(3)12(13)10(4)7-11/h6-8H,5H2,1-4H3. The molecule has 0 fully saturated rings. The molecule has 1 aromatic rings. The van der Waals surface area contributed by atoms with E-state index in [4.69, 9.17) is 0 Å². The molecular weight excluding hydrogens is 224 g/mol. The molecule has 0 spiro atoms. The molecular formula is C12H17Br. The predicted molar refractivity (Wildman–Crippen MR) is 62.3 cm³/mol. The summed E-state index contributed by atoms with van der Waals surface area (Å²) in [5.41, 5.74) is 4.14. The Hall–Kier alpha value is -0.300. The monoisotopic (exact) mass is 240 g/mol. The molecule has 0 nitrogen and oxygen atoms in total. The molecule has 1 aromatic carbocycles. The van der Waals surface area contributed by atoms with Crippen LogP contribution in [0.15, 0.2) is 16.6 Å². The maximum atomic E-state index is 3.58. The third kappa shape index (κ3) is 2.34. The molecule has 0 aromatic heterocycles. The summed E-state index contributed by atoms with van der Waals surface area (Å²) in [6.45, 7) is 8.82. The first kappa shape index (κ1) is 10.8. The van der Waals surface area contributed by atoms with Gasteiger partial charge in [-0.15, -0.1) is 0 Å². The van der Waals surface area contributed by atoms with Crippen LogP contribution in [0.4, 0.5) is 0 Å². The first-order valence-corrected chi connectivity index (χ1v) is 5.62. The molecule has 1 unspecified atom stereocenters. The zero-order valence-electron chi connectivity index (χ0n) is 8.82. The summed E-state index contributed by atoms with van der Waals surface area (Å²) < 4.78 is 1.25. The largest absolute Gasteiger partial charge is 0.0648 e. The minimum atomic E-state index is 0.672. The summed E-state index contributed by atoms with van der Waals surface area (Å²) in [5.74, 6) is 0.672. The Morgan fingerprint density at radius 1 is 1.23 bits per heavy atom. The molecule has 1 heteroatoms.